The Labute approximate surface area is 243 Å². The van der Waals surface area contributed by atoms with Crippen molar-refractivity contribution in [2.24, 2.45) is 28.1 Å². The molecule has 2 rings (SSSR count). The highest BCUT2D eigenvalue weighted by atomic mass is 32.2. The topological polar surface area (TPSA) is 231 Å². The molecule has 0 fully saturated rings. The van der Waals surface area contributed by atoms with Gasteiger partial charge in [0.15, 0.2) is 5.96 Å². The van der Waals surface area contributed by atoms with Gasteiger partial charge in [-0.2, -0.15) is 11.8 Å². The van der Waals surface area contributed by atoms with Gasteiger partial charge in [0, 0.05) is 30.1 Å². The molecule has 1 aromatic carbocycles. The summed E-state index contributed by atoms with van der Waals surface area (Å²) in [6, 6.07) is 3.35. The van der Waals surface area contributed by atoms with E-state index in [0.717, 1.165) is 16.5 Å². The number of hydrogen-bond acceptors (Lipinski definition) is 7. The highest BCUT2D eigenvalue weighted by Gasteiger charge is 2.31. The molecule has 0 saturated heterocycles. The molecule has 2 aromatic rings. The molecule has 1 heterocycles. The summed E-state index contributed by atoms with van der Waals surface area (Å²) in [5, 5.41) is 18.5. The van der Waals surface area contributed by atoms with Crippen molar-refractivity contribution >= 4 is 52.3 Å². The minimum Gasteiger partial charge on any atom is -0.480 e. The summed E-state index contributed by atoms with van der Waals surface area (Å²) >= 11 is 1.55. The molecule has 14 heteroatoms. The normalized spacial score (nSPS) is 14.1. The lowest BCUT2D eigenvalue weighted by molar-refractivity contribution is -0.143. The van der Waals surface area contributed by atoms with E-state index in [0.29, 0.717) is 18.6 Å². The van der Waals surface area contributed by atoms with Crippen molar-refractivity contribution in [2.45, 2.75) is 63.7 Å². The SMILES string of the molecule is CSCCC(N)C(=O)NC(CCCN=C(N)N)C(=O)NC(Cc1c[nH]c2ccccc12)C(=O)NC(C(=O)O)C(C)C. The lowest BCUT2D eigenvalue weighted by atomic mass is 10.0. The first-order valence-electron chi connectivity index (χ1n) is 13.4. The van der Waals surface area contributed by atoms with Crippen LogP contribution in [-0.2, 0) is 25.6 Å². The van der Waals surface area contributed by atoms with E-state index in [1.807, 2.05) is 30.5 Å². The number of rotatable bonds is 17. The van der Waals surface area contributed by atoms with E-state index in [4.69, 9.17) is 17.2 Å². The van der Waals surface area contributed by atoms with E-state index in [2.05, 4.69) is 25.9 Å². The summed E-state index contributed by atoms with van der Waals surface area (Å²) in [4.78, 5) is 58.6. The smallest absolute Gasteiger partial charge is 0.326 e. The van der Waals surface area contributed by atoms with Crippen molar-refractivity contribution in [3.05, 3.63) is 36.0 Å². The minimum absolute atomic E-state index is 0.0773. The fourth-order valence-corrected chi connectivity index (χ4v) is 4.69. The summed E-state index contributed by atoms with van der Waals surface area (Å²) < 4.78 is 0. The molecule has 1 aromatic heterocycles. The second-order valence-electron chi connectivity index (χ2n) is 10.1. The average molecular weight is 591 g/mol. The number of guanidine groups is 1. The average Bonchev–Trinajstić information content (AvgIpc) is 3.33. The van der Waals surface area contributed by atoms with Crippen molar-refractivity contribution in [3.63, 3.8) is 0 Å². The van der Waals surface area contributed by atoms with Crippen LogP contribution in [0.25, 0.3) is 10.9 Å². The Hall–Kier alpha value is -3.78. The number of aliphatic imine (C=N–C) groups is 1. The number of aromatic nitrogens is 1. The number of para-hydroxylation sites is 1. The van der Waals surface area contributed by atoms with Crippen LogP contribution in [-0.4, -0.2) is 82.5 Å². The van der Waals surface area contributed by atoms with E-state index in [1.54, 1.807) is 31.8 Å². The number of aliphatic carboxylic acids is 1. The number of amides is 3. The van der Waals surface area contributed by atoms with Crippen LogP contribution in [0.5, 0.6) is 0 Å². The monoisotopic (exact) mass is 590 g/mol. The van der Waals surface area contributed by atoms with Crippen LogP contribution >= 0.6 is 11.8 Å². The molecule has 0 aliphatic rings. The van der Waals surface area contributed by atoms with Gasteiger partial charge in [-0.1, -0.05) is 32.0 Å². The number of hydrogen-bond donors (Lipinski definition) is 8. The van der Waals surface area contributed by atoms with Gasteiger partial charge in [0.2, 0.25) is 17.7 Å². The Morgan fingerprint density at radius 1 is 1.00 bits per heavy atom. The number of nitrogens with two attached hydrogens (primary N) is 3. The molecule has 0 aliphatic carbocycles. The van der Waals surface area contributed by atoms with Crippen LogP contribution < -0.4 is 33.2 Å². The maximum atomic E-state index is 13.5. The molecule has 4 atom stereocenters. The molecule has 0 spiro atoms. The highest BCUT2D eigenvalue weighted by Crippen LogP contribution is 2.19. The number of carboxylic acid groups (broad SMARTS) is 1. The van der Waals surface area contributed by atoms with Gasteiger partial charge in [-0.05, 0) is 48.8 Å². The number of carbonyl (C=O) groups is 4. The first-order chi connectivity index (χ1) is 19.4. The predicted octanol–water partition coefficient (Wildman–Crippen LogP) is 0.0394. The van der Waals surface area contributed by atoms with Gasteiger partial charge < -0.3 is 43.2 Å². The lowest BCUT2D eigenvalue weighted by Crippen LogP contribution is -2.58. The van der Waals surface area contributed by atoms with Crippen molar-refractivity contribution < 1.29 is 24.3 Å². The van der Waals surface area contributed by atoms with Crippen LogP contribution in [0, 0.1) is 5.92 Å². The zero-order valence-corrected chi connectivity index (χ0v) is 24.5. The quantitative estimate of drug-likeness (QED) is 0.0705. The van der Waals surface area contributed by atoms with Crippen LogP contribution in [0.1, 0.15) is 38.7 Å². The fourth-order valence-electron chi connectivity index (χ4n) is 4.20. The van der Waals surface area contributed by atoms with E-state index >= 15 is 0 Å². The molecule has 0 bridgehead atoms. The molecule has 13 nitrogen and oxygen atoms in total. The Morgan fingerprint density at radius 2 is 1.66 bits per heavy atom. The summed E-state index contributed by atoms with van der Waals surface area (Å²) in [7, 11) is 0. The molecular formula is C27H42N8O5S. The fraction of sp³-hybridized carbons (Fsp3) is 0.519. The van der Waals surface area contributed by atoms with Crippen LogP contribution in [0.4, 0.5) is 0 Å². The van der Waals surface area contributed by atoms with Crippen LogP contribution in [0.2, 0.25) is 0 Å². The maximum absolute atomic E-state index is 13.5. The van der Waals surface area contributed by atoms with Gasteiger partial charge in [-0.15, -0.1) is 0 Å². The van der Waals surface area contributed by atoms with Crippen molar-refractivity contribution in [2.75, 3.05) is 18.6 Å². The second-order valence-corrected chi connectivity index (χ2v) is 11.1. The van der Waals surface area contributed by atoms with Crippen molar-refractivity contribution in [3.8, 4) is 0 Å². The summed E-state index contributed by atoms with van der Waals surface area (Å²) in [6.45, 7) is 3.58. The first-order valence-corrected chi connectivity index (χ1v) is 14.8. The molecule has 4 unspecified atom stereocenters. The minimum atomic E-state index is -1.19. The van der Waals surface area contributed by atoms with Crippen LogP contribution in [0.3, 0.4) is 0 Å². The Bertz CT molecular complexity index is 1210. The summed E-state index contributed by atoms with van der Waals surface area (Å²) in [6.07, 6.45) is 4.69. The standard InChI is InChI=1S/C27H42N8O5S/c1-15(2)22(26(39)40)35-25(38)21(13-16-14-32-19-8-5-4-7-17(16)19)34-24(37)20(9-6-11-31-27(29)30)33-23(36)18(28)10-12-41-3/h4-5,7-8,14-15,18,20-22,32H,6,9-13,28H2,1-3H3,(H,33,36)(H,34,37)(H,35,38)(H,39,40)(H4,29,30,31). The first kappa shape index (κ1) is 33.4. The molecule has 226 valence electrons. The van der Waals surface area contributed by atoms with E-state index in [-0.39, 0.29) is 25.3 Å². The number of aromatic amines is 1. The van der Waals surface area contributed by atoms with Crippen molar-refractivity contribution in [1.82, 2.24) is 20.9 Å². The van der Waals surface area contributed by atoms with Crippen LogP contribution in [0.15, 0.2) is 35.5 Å². The maximum Gasteiger partial charge on any atom is 0.326 e. The lowest BCUT2D eigenvalue weighted by Gasteiger charge is -2.26. The Morgan fingerprint density at radius 3 is 2.29 bits per heavy atom. The van der Waals surface area contributed by atoms with Gasteiger partial charge in [-0.25, -0.2) is 4.79 Å². The zero-order valence-electron chi connectivity index (χ0n) is 23.7. The zero-order chi connectivity index (χ0) is 30.5. The number of nitrogens with zero attached hydrogens (tertiary/aromatic N) is 1. The summed E-state index contributed by atoms with van der Waals surface area (Å²) in [5.74, 6) is -2.78. The molecular weight excluding hydrogens is 548 g/mol. The molecule has 11 N–H and O–H groups in total. The number of nitrogens with one attached hydrogen (secondary N) is 4. The van der Waals surface area contributed by atoms with E-state index < -0.39 is 53.8 Å². The van der Waals surface area contributed by atoms with Gasteiger partial charge in [0.1, 0.15) is 18.1 Å². The number of fused-ring (bicyclic) bond motifs is 1. The van der Waals surface area contributed by atoms with Gasteiger partial charge in [0.05, 0.1) is 6.04 Å². The van der Waals surface area contributed by atoms with E-state index in [9.17, 15) is 24.3 Å². The number of carbonyl (C=O) groups excluding carboxylic acids is 3. The Kier molecular flexibility index (Phi) is 13.4. The predicted molar refractivity (Wildman–Crippen MR) is 161 cm³/mol. The molecule has 0 saturated carbocycles. The summed E-state index contributed by atoms with van der Waals surface area (Å²) in [5.41, 5.74) is 18.4. The molecule has 41 heavy (non-hydrogen) atoms. The number of carboxylic acids is 1. The number of thioether (sulfide) groups is 1. The van der Waals surface area contributed by atoms with Gasteiger partial charge >= 0.3 is 5.97 Å². The molecule has 3 amide bonds. The second kappa shape index (κ2) is 16.5. The third-order valence-electron chi connectivity index (χ3n) is 6.51. The molecule has 0 radical (unpaired) electrons. The van der Waals surface area contributed by atoms with Crippen molar-refractivity contribution in [1.29, 1.82) is 0 Å². The van der Waals surface area contributed by atoms with Gasteiger partial charge in [-0.3, -0.25) is 19.4 Å². The Balaban J connectivity index is 2.32. The largest absolute Gasteiger partial charge is 0.480 e. The molecule has 0 aliphatic heterocycles. The van der Waals surface area contributed by atoms with Gasteiger partial charge in [0.25, 0.3) is 0 Å². The van der Waals surface area contributed by atoms with E-state index in [1.165, 1.54) is 0 Å². The third-order valence-corrected chi connectivity index (χ3v) is 7.15. The number of benzene rings is 1. The number of H-pyrrole nitrogens is 1. The highest BCUT2D eigenvalue weighted by molar-refractivity contribution is 7.98. The third kappa shape index (κ3) is 10.6.